The van der Waals surface area contributed by atoms with Gasteiger partial charge in [-0.1, -0.05) is 29.8 Å². The van der Waals surface area contributed by atoms with Gasteiger partial charge in [-0.25, -0.2) is 4.98 Å². The fraction of sp³-hybridized carbons (Fsp3) is 0.312. The zero-order chi connectivity index (χ0) is 14.2. The molecule has 2 aromatic rings. The van der Waals surface area contributed by atoms with Crippen molar-refractivity contribution in [3.05, 3.63) is 52.7 Å². The molecule has 1 aromatic heterocycles. The average Bonchev–Trinajstić information content (AvgIpc) is 2.69. The van der Waals surface area contributed by atoms with Crippen LogP contribution in [0, 0.1) is 0 Å². The van der Waals surface area contributed by atoms with Crippen LogP contribution >= 0.6 is 11.6 Å². The summed E-state index contributed by atoms with van der Waals surface area (Å²) < 4.78 is 5.88. The van der Waals surface area contributed by atoms with Crippen LogP contribution in [-0.4, -0.2) is 10.6 Å². The van der Waals surface area contributed by atoms with E-state index in [2.05, 4.69) is 36.3 Å². The van der Waals surface area contributed by atoms with Gasteiger partial charge in [0.25, 0.3) is 0 Å². The minimum absolute atomic E-state index is 0.0943. The number of nitrogens with one attached hydrogen (secondary N) is 1. The SMILES string of the molecule is CC1(C)Cc2cc(CNc3cccc(Cl)n3)ccc2O1. The van der Waals surface area contributed by atoms with E-state index in [0.29, 0.717) is 5.15 Å². The van der Waals surface area contributed by atoms with Crippen LogP contribution in [0.1, 0.15) is 25.0 Å². The molecule has 0 saturated heterocycles. The van der Waals surface area contributed by atoms with Crippen LogP contribution in [0.3, 0.4) is 0 Å². The first-order valence-electron chi connectivity index (χ1n) is 6.69. The second-order valence-electron chi connectivity index (χ2n) is 5.68. The second-order valence-corrected chi connectivity index (χ2v) is 6.07. The van der Waals surface area contributed by atoms with Gasteiger partial charge >= 0.3 is 0 Å². The molecule has 0 aliphatic carbocycles. The molecular formula is C16H17ClN2O. The maximum Gasteiger partial charge on any atom is 0.131 e. The first kappa shape index (κ1) is 13.3. The lowest BCUT2D eigenvalue weighted by Crippen LogP contribution is -2.24. The van der Waals surface area contributed by atoms with Crippen LogP contribution in [0.25, 0.3) is 0 Å². The van der Waals surface area contributed by atoms with Crippen LogP contribution in [0.2, 0.25) is 5.15 Å². The molecule has 0 unspecified atom stereocenters. The van der Waals surface area contributed by atoms with Gasteiger partial charge in [-0.2, -0.15) is 0 Å². The van der Waals surface area contributed by atoms with Gasteiger partial charge in [-0.05, 0) is 43.2 Å². The number of aromatic nitrogens is 1. The molecule has 1 aliphatic rings. The third kappa shape index (κ3) is 2.88. The Hall–Kier alpha value is -1.74. The summed E-state index contributed by atoms with van der Waals surface area (Å²) in [6.07, 6.45) is 0.950. The summed E-state index contributed by atoms with van der Waals surface area (Å²) in [5.41, 5.74) is 2.39. The van der Waals surface area contributed by atoms with E-state index in [1.807, 2.05) is 18.2 Å². The molecule has 2 heterocycles. The molecule has 104 valence electrons. The molecule has 3 rings (SSSR count). The predicted molar refractivity (Wildman–Crippen MR) is 81.4 cm³/mol. The summed E-state index contributed by atoms with van der Waals surface area (Å²) in [6.45, 7) is 4.95. The number of benzene rings is 1. The van der Waals surface area contributed by atoms with Crippen LogP contribution in [0.15, 0.2) is 36.4 Å². The number of rotatable bonds is 3. The first-order valence-corrected chi connectivity index (χ1v) is 7.07. The standard InChI is InChI=1S/C16H17ClN2O/c1-16(2)9-12-8-11(6-7-13(12)20-16)10-18-15-5-3-4-14(17)19-15/h3-8H,9-10H2,1-2H3,(H,18,19). The van der Waals surface area contributed by atoms with Crippen LogP contribution in [0.5, 0.6) is 5.75 Å². The summed E-state index contributed by atoms with van der Waals surface area (Å²) >= 11 is 5.87. The van der Waals surface area contributed by atoms with Crippen molar-refractivity contribution in [2.75, 3.05) is 5.32 Å². The summed E-state index contributed by atoms with van der Waals surface area (Å²) in [4.78, 5) is 4.21. The van der Waals surface area contributed by atoms with Crippen molar-refractivity contribution in [3.8, 4) is 5.75 Å². The van der Waals surface area contributed by atoms with Crippen molar-refractivity contribution in [2.24, 2.45) is 0 Å². The Labute approximate surface area is 123 Å². The average molecular weight is 289 g/mol. The highest BCUT2D eigenvalue weighted by Gasteiger charge is 2.29. The van der Waals surface area contributed by atoms with Gasteiger partial charge in [0.15, 0.2) is 0 Å². The zero-order valence-electron chi connectivity index (χ0n) is 11.6. The molecule has 0 atom stereocenters. The second kappa shape index (κ2) is 4.98. The van der Waals surface area contributed by atoms with E-state index in [4.69, 9.17) is 16.3 Å². The van der Waals surface area contributed by atoms with Crippen molar-refractivity contribution in [2.45, 2.75) is 32.4 Å². The van der Waals surface area contributed by atoms with Gasteiger partial charge in [0.1, 0.15) is 22.3 Å². The van der Waals surface area contributed by atoms with Crippen molar-refractivity contribution in [1.29, 1.82) is 0 Å². The quantitative estimate of drug-likeness (QED) is 0.865. The summed E-state index contributed by atoms with van der Waals surface area (Å²) in [5, 5.41) is 3.78. The summed E-state index contributed by atoms with van der Waals surface area (Å²) in [6, 6.07) is 11.9. The largest absolute Gasteiger partial charge is 0.487 e. The minimum atomic E-state index is -0.0943. The molecule has 0 bridgehead atoms. The molecule has 0 saturated carbocycles. The van der Waals surface area contributed by atoms with Crippen LogP contribution in [0.4, 0.5) is 5.82 Å². The summed E-state index contributed by atoms with van der Waals surface area (Å²) in [5.74, 6) is 1.79. The van der Waals surface area contributed by atoms with Gasteiger partial charge in [0.2, 0.25) is 0 Å². The zero-order valence-corrected chi connectivity index (χ0v) is 12.4. The first-order chi connectivity index (χ1) is 9.52. The normalized spacial score (nSPS) is 15.6. The summed E-state index contributed by atoms with van der Waals surface area (Å²) in [7, 11) is 0. The number of fused-ring (bicyclic) bond motifs is 1. The fourth-order valence-corrected chi connectivity index (χ4v) is 2.64. The van der Waals surface area contributed by atoms with Gasteiger partial charge in [0, 0.05) is 13.0 Å². The molecule has 20 heavy (non-hydrogen) atoms. The molecule has 0 radical (unpaired) electrons. The molecule has 3 nitrogen and oxygen atoms in total. The highest BCUT2D eigenvalue weighted by molar-refractivity contribution is 6.29. The highest BCUT2D eigenvalue weighted by Crippen LogP contribution is 2.35. The smallest absolute Gasteiger partial charge is 0.131 e. The molecule has 1 aromatic carbocycles. The van der Waals surface area contributed by atoms with E-state index in [1.165, 1.54) is 11.1 Å². The van der Waals surface area contributed by atoms with E-state index in [9.17, 15) is 0 Å². The Kier molecular flexibility index (Phi) is 3.30. The Morgan fingerprint density at radius 2 is 2.15 bits per heavy atom. The monoisotopic (exact) mass is 288 g/mol. The molecule has 0 amide bonds. The number of pyridine rings is 1. The molecule has 0 spiro atoms. The minimum Gasteiger partial charge on any atom is -0.487 e. The fourth-order valence-electron chi connectivity index (χ4n) is 2.47. The maximum absolute atomic E-state index is 5.88. The molecular weight excluding hydrogens is 272 g/mol. The number of hydrogen-bond donors (Lipinski definition) is 1. The van der Waals surface area contributed by atoms with Gasteiger partial charge in [0.05, 0.1) is 0 Å². The predicted octanol–water partition coefficient (Wildman–Crippen LogP) is 4.06. The number of nitrogens with zero attached hydrogens (tertiary/aromatic N) is 1. The Morgan fingerprint density at radius 1 is 1.30 bits per heavy atom. The highest BCUT2D eigenvalue weighted by atomic mass is 35.5. The van der Waals surface area contributed by atoms with E-state index in [0.717, 1.165) is 24.5 Å². The Morgan fingerprint density at radius 3 is 2.95 bits per heavy atom. The van der Waals surface area contributed by atoms with Crippen LogP contribution < -0.4 is 10.1 Å². The molecule has 1 aliphatic heterocycles. The lowest BCUT2D eigenvalue weighted by atomic mass is 10.0. The lowest BCUT2D eigenvalue weighted by Gasteiger charge is -2.16. The van der Waals surface area contributed by atoms with E-state index in [-0.39, 0.29) is 5.60 Å². The topological polar surface area (TPSA) is 34.2 Å². The number of hydrogen-bond acceptors (Lipinski definition) is 3. The lowest BCUT2D eigenvalue weighted by molar-refractivity contribution is 0.138. The molecule has 1 N–H and O–H groups in total. The van der Waals surface area contributed by atoms with Gasteiger partial charge < -0.3 is 10.1 Å². The van der Waals surface area contributed by atoms with Crippen molar-refractivity contribution in [1.82, 2.24) is 4.98 Å². The van der Waals surface area contributed by atoms with E-state index in [1.54, 1.807) is 6.07 Å². The van der Waals surface area contributed by atoms with Gasteiger partial charge in [-0.15, -0.1) is 0 Å². The van der Waals surface area contributed by atoms with Crippen molar-refractivity contribution >= 4 is 17.4 Å². The Bertz CT molecular complexity index is 640. The molecule has 4 heteroatoms. The van der Waals surface area contributed by atoms with Crippen molar-refractivity contribution in [3.63, 3.8) is 0 Å². The third-order valence-electron chi connectivity index (χ3n) is 3.32. The number of anilines is 1. The van der Waals surface area contributed by atoms with Crippen LogP contribution in [-0.2, 0) is 13.0 Å². The number of halogens is 1. The van der Waals surface area contributed by atoms with E-state index >= 15 is 0 Å². The van der Waals surface area contributed by atoms with Crippen molar-refractivity contribution < 1.29 is 4.74 Å². The number of ether oxygens (including phenoxy) is 1. The van der Waals surface area contributed by atoms with E-state index < -0.39 is 0 Å². The Balaban J connectivity index is 1.71. The molecule has 0 fully saturated rings. The maximum atomic E-state index is 5.88. The third-order valence-corrected chi connectivity index (χ3v) is 3.53. The van der Waals surface area contributed by atoms with Gasteiger partial charge in [-0.3, -0.25) is 0 Å².